The fourth-order valence-corrected chi connectivity index (χ4v) is 1.99. The van der Waals surface area contributed by atoms with Crippen LogP contribution in [0.1, 0.15) is 16.7 Å². The van der Waals surface area contributed by atoms with Crippen molar-refractivity contribution in [3.05, 3.63) is 53.1 Å². The van der Waals surface area contributed by atoms with E-state index in [4.69, 9.17) is 4.74 Å². The number of hydrazone groups is 1. The first-order chi connectivity index (χ1) is 11.0. The summed E-state index contributed by atoms with van der Waals surface area (Å²) in [5.74, 6) is 0.0727. The fourth-order valence-electron chi connectivity index (χ4n) is 1.99. The van der Waals surface area contributed by atoms with Gasteiger partial charge in [0, 0.05) is 11.6 Å². The molecule has 2 rings (SSSR count). The van der Waals surface area contributed by atoms with Crippen molar-refractivity contribution in [2.45, 2.75) is 13.8 Å². The maximum absolute atomic E-state index is 11.7. The number of phenolic OH excluding ortho intramolecular Hbond substituents is 2. The lowest BCUT2D eigenvalue weighted by atomic mass is 10.1. The van der Waals surface area contributed by atoms with Crippen molar-refractivity contribution in [1.82, 2.24) is 5.43 Å². The topological polar surface area (TPSA) is 91.2 Å². The minimum atomic E-state index is -0.416. The number of ether oxygens (including phenoxy) is 1. The third-order valence-electron chi connectivity index (χ3n) is 3.19. The van der Waals surface area contributed by atoms with E-state index in [1.165, 1.54) is 18.3 Å². The molecule has 0 bridgehead atoms. The summed E-state index contributed by atoms with van der Waals surface area (Å²) in [7, 11) is 0. The van der Waals surface area contributed by atoms with Gasteiger partial charge in [0.15, 0.2) is 6.61 Å². The summed E-state index contributed by atoms with van der Waals surface area (Å²) in [6.07, 6.45) is 1.32. The van der Waals surface area contributed by atoms with E-state index < -0.39 is 5.91 Å². The number of nitrogens with one attached hydrogen (secondary N) is 1. The van der Waals surface area contributed by atoms with Crippen molar-refractivity contribution in [3.8, 4) is 17.2 Å². The van der Waals surface area contributed by atoms with Crippen LogP contribution in [0.25, 0.3) is 0 Å². The molecule has 6 nitrogen and oxygen atoms in total. The summed E-state index contributed by atoms with van der Waals surface area (Å²) >= 11 is 0. The number of rotatable bonds is 5. The van der Waals surface area contributed by atoms with Crippen molar-refractivity contribution < 1.29 is 19.7 Å². The molecule has 0 saturated heterocycles. The van der Waals surface area contributed by atoms with E-state index >= 15 is 0 Å². The van der Waals surface area contributed by atoms with Gasteiger partial charge in [0.1, 0.15) is 17.2 Å². The van der Waals surface area contributed by atoms with Crippen LogP contribution in [0.5, 0.6) is 17.2 Å². The minimum Gasteiger partial charge on any atom is -0.508 e. The average molecular weight is 314 g/mol. The Morgan fingerprint density at radius 2 is 1.96 bits per heavy atom. The van der Waals surface area contributed by atoms with Crippen LogP contribution in [0.3, 0.4) is 0 Å². The number of carbonyl (C=O) groups excluding carboxylic acids is 1. The predicted octanol–water partition coefficient (Wildman–Crippen LogP) is 2.24. The number of hydrogen-bond donors (Lipinski definition) is 3. The number of nitrogens with zero attached hydrogens (tertiary/aromatic N) is 1. The van der Waals surface area contributed by atoms with Gasteiger partial charge in [0.25, 0.3) is 5.91 Å². The standard InChI is InChI=1S/C17H18N2O4/c1-11-5-3-4-6-16(11)23-10-17(22)19-18-9-14-12(2)7-13(20)8-15(14)21/h3-9,20-21H,10H2,1-2H3,(H,19,22). The van der Waals surface area contributed by atoms with Gasteiger partial charge in [-0.2, -0.15) is 5.10 Å². The number of phenols is 2. The van der Waals surface area contributed by atoms with Crippen LogP contribution in [0.15, 0.2) is 41.5 Å². The normalized spacial score (nSPS) is 10.7. The molecular formula is C17H18N2O4. The Labute approximate surface area is 134 Å². The Balaban J connectivity index is 1.91. The molecule has 3 N–H and O–H groups in total. The van der Waals surface area contributed by atoms with Gasteiger partial charge in [0.2, 0.25) is 0 Å². The molecule has 1 amide bonds. The SMILES string of the molecule is Cc1ccccc1OCC(=O)NN=Cc1c(C)cc(O)cc1O. The van der Waals surface area contributed by atoms with E-state index in [1.807, 2.05) is 25.1 Å². The third-order valence-corrected chi connectivity index (χ3v) is 3.19. The van der Waals surface area contributed by atoms with Crippen LogP contribution in [-0.4, -0.2) is 28.9 Å². The van der Waals surface area contributed by atoms with Crippen LogP contribution in [0.4, 0.5) is 0 Å². The average Bonchev–Trinajstić information content (AvgIpc) is 2.49. The summed E-state index contributed by atoms with van der Waals surface area (Å²) in [5.41, 5.74) is 4.32. The Hall–Kier alpha value is -3.02. The highest BCUT2D eigenvalue weighted by atomic mass is 16.5. The quantitative estimate of drug-likeness (QED) is 0.583. The van der Waals surface area contributed by atoms with Crippen molar-refractivity contribution in [3.63, 3.8) is 0 Å². The number of aromatic hydroxyl groups is 2. The molecular weight excluding hydrogens is 296 g/mol. The predicted molar refractivity (Wildman–Crippen MR) is 86.9 cm³/mol. The fraction of sp³-hybridized carbons (Fsp3) is 0.176. The maximum Gasteiger partial charge on any atom is 0.277 e. The molecule has 6 heteroatoms. The number of para-hydroxylation sites is 1. The zero-order valence-corrected chi connectivity index (χ0v) is 12.9. The van der Waals surface area contributed by atoms with Crippen LogP contribution in [0.2, 0.25) is 0 Å². The number of carbonyl (C=O) groups is 1. The maximum atomic E-state index is 11.7. The molecule has 0 spiro atoms. The molecule has 0 aliphatic carbocycles. The molecule has 120 valence electrons. The van der Waals surface area contributed by atoms with Gasteiger partial charge < -0.3 is 14.9 Å². The lowest BCUT2D eigenvalue weighted by molar-refractivity contribution is -0.123. The molecule has 0 unspecified atom stereocenters. The van der Waals surface area contributed by atoms with Crippen molar-refractivity contribution in [2.24, 2.45) is 5.10 Å². The van der Waals surface area contributed by atoms with E-state index in [1.54, 1.807) is 13.0 Å². The molecule has 23 heavy (non-hydrogen) atoms. The Bertz CT molecular complexity index is 718. The molecule has 0 aromatic heterocycles. The first-order valence-electron chi connectivity index (χ1n) is 7.00. The van der Waals surface area contributed by atoms with E-state index in [9.17, 15) is 15.0 Å². The Morgan fingerprint density at radius 3 is 2.65 bits per heavy atom. The van der Waals surface area contributed by atoms with Crippen LogP contribution in [0, 0.1) is 13.8 Å². The highest BCUT2D eigenvalue weighted by molar-refractivity contribution is 5.87. The molecule has 2 aromatic carbocycles. The largest absolute Gasteiger partial charge is 0.508 e. The van der Waals surface area contributed by atoms with E-state index in [0.29, 0.717) is 16.9 Å². The number of benzene rings is 2. The van der Waals surface area contributed by atoms with Crippen molar-refractivity contribution in [2.75, 3.05) is 6.61 Å². The highest BCUT2D eigenvalue weighted by Crippen LogP contribution is 2.24. The third kappa shape index (κ3) is 4.47. The second kappa shape index (κ2) is 7.31. The minimum absolute atomic E-state index is 0.0344. The van der Waals surface area contributed by atoms with Gasteiger partial charge in [0.05, 0.1) is 6.21 Å². The van der Waals surface area contributed by atoms with E-state index in [-0.39, 0.29) is 18.1 Å². The molecule has 2 aromatic rings. The molecule has 0 saturated carbocycles. The van der Waals surface area contributed by atoms with Crippen molar-refractivity contribution in [1.29, 1.82) is 0 Å². The first-order valence-corrected chi connectivity index (χ1v) is 7.00. The summed E-state index contributed by atoms with van der Waals surface area (Å²) in [6, 6.07) is 10.1. The molecule has 0 aliphatic heterocycles. The zero-order chi connectivity index (χ0) is 16.8. The number of hydrogen-bond acceptors (Lipinski definition) is 5. The van der Waals surface area contributed by atoms with Crippen LogP contribution >= 0.6 is 0 Å². The Kier molecular flexibility index (Phi) is 5.19. The van der Waals surface area contributed by atoms with Gasteiger partial charge in [-0.1, -0.05) is 18.2 Å². The smallest absolute Gasteiger partial charge is 0.277 e. The van der Waals surface area contributed by atoms with Gasteiger partial charge in [-0.3, -0.25) is 4.79 Å². The molecule has 0 fully saturated rings. The molecule has 0 radical (unpaired) electrons. The van der Waals surface area contributed by atoms with E-state index in [0.717, 1.165) is 5.56 Å². The number of amides is 1. The lowest BCUT2D eigenvalue weighted by Gasteiger charge is -2.07. The molecule has 0 atom stereocenters. The summed E-state index contributed by atoms with van der Waals surface area (Å²) in [5, 5.41) is 22.9. The monoisotopic (exact) mass is 314 g/mol. The van der Waals surface area contributed by atoms with Crippen LogP contribution < -0.4 is 10.2 Å². The van der Waals surface area contributed by atoms with Gasteiger partial charge >= 0.3 is 0 Å². The summed E-state index contributed by atoms with van der Waals surface area (Å²) in [4.78, 5) is 11.7. The first kappa shape index (κ1) is 16.4. The van der Waals surface area contributed by atoms with Crippen LogP contribution in [-0.2, 0) is 4.79 Å². The second-order valence-corrected chi connectivity index (χ2v) is 5.04. The second-order valence-electron chi connectivity index (χ2n) is 5.04. The van der Waals surface area contributed by atoms with Gasteiger partial charge in [-0.05, 0) is 37.1 Å². The molecule has 0 heterocycles. The summed E-state index contributed by atoms with van der Waals surface area (Å²) in [6.45, 7) is 3.44. The highest BCUT2D eigenvalue weighted by Gasteiger charge is 2.06. The molecule has 0 aliphatic rings. The summed E-state index contributed by atoms with van der Waals surface area (Å²) < 4.78 is 5.40. The van der Waals surface area contributed by atoms with Gasteiger partial charge in [-0.15, -0.1) is 0 Å². The van der Waals surface area contributed by atoms with Gasteiger partial charge in [-0.25, -0.2) is 5.43 Å². The lowest BCUT2D eigenvalue weighted by Crippen LogP contribution is -2.24. The number of aryl methyl sites for hydroxylation is 2. The Morgan fingerprint density at radius 1 is 1.22 bits per heavy atom. The zero-order valence-electron chi connectivity index (χ0n) is 12.9. The van der Waals surface area contributed by atoms with Crippen molar-refractivity contribution >= 4 is 12.1 Å². The van der Waals surface area contributed by atoms with E-state index in [2.05, 4.69) is 10.5 Å².